The van der Waals surface area contributed by atoms with Gasteiger partial charge in [0.15, 0.2) is 0 Å². The zero-order valence-corrected chi connectivity index (χ0v) is 10.7. The zero-order chi connectivity index (χ0) is 13.7. The molecule has 1 aliphatic rings. The molecular formula is C14H19NO4. The summed E-state index contributed by atoms with van der Waals surface area (Å²) >= 11 is 0. The first-order valence-electron chi connectivity index (χ1n) is 6.47. The Hall–Kier alpha value is -1.59. The van der Waals surface area contributed by atoms with Crippen LogP contribution in [0.3, 0.4) is 0 Å². The van der Waals surface area contributed by atoms with Gasteiger partial charge in [0, 0.05) is 19.3 Å². The van der Waals surface area contributed by atoms with Gasteiger partial charge >= 0.3 is 5.97 Å². The number of para-hydroxylation sites is 1. The molecule has 0 bridgehead atoms. The highest BCUT2D eigenvalue weighted by Crippen LogP contribution is 2.23. The molecule has 19 heavy (non-hydrogen) atoms. The van der Waals surface area contributed by atoms with Crippen LogP contribution in [0.1, 0.15) is 18.4 Å². The molecular weight excluding hydrogens is 246 g/mol. The van der Waals surface area contributed by atoms with Crippen LogP contribution in [-0.4, -0.2) is 36.4 Å². The van der Waals surface area contributed by atoms with Crippen molar-refractivity contribution in [3.8, 4) is 5.75 Å². The van der Waals surface area contributed by atoms with Crippen molar-refractivity contribution >= 4 is 5.97 Å². The number of carboxylic acids is 1. The van der Waals surface area contributed by atoms with E-state index >= 15 is 0 Å². The lowest BCUT2D eigenvalue weighted by molar-refractivity contribution is -0.138. The first-order chi connectivity index (χ1) is 9.16. The van der Waals surface area contributed by atoms with Crippen LogP contribution in [0.2, 0.25) is 0 Å². The minimum absolute atomic E-state index is 0.135. The van der Waals surface area contributed by atoms with E-state index in [4.69, 9.17) is 20.3 Å². The number of aliphatic carboxylic acids is 1. The number of hydrogen-bond donors (Lipinski definition) is 2. The van der Waals surface area contributed by atoms with Gasteiger partial charge in [0.25, 0.3) is 0 Å². The van der Waals surface area contributed by atoms with Crippen LogP contribution in [0.5, 0.6) is 5.75 Å². The van der Waals surface area contributed by atoms with Gasteiger partial charge in [-0.25, -0.2) is 0 Å². The van der Waals surface area contributed by atoms with Gasteiger partial charge in [-0.1, -0.05) is 18.2 Å². The molecule has 0 spiro atoms. The monoisotopic (exact) mass is 265 g/mol. The average Bonchev–Trinajstić information content (AvgIpc) is 2.42. The predicted octanol–water partition coefficient (Wildman–Crippen LogP) is 1.20. The van der Waals surface area contributed by atoms with E-state index in [1.807, 2.05) is 24.3 Å². The maximum absolute atomic E-state index is 10.8. The van der Waals surface area contributed by atoms with Crippen molar-refractivity contribution in [1.82, 2.24) is 0 Å². The zero-order valence-electron chi connectivity index (χ0n) is 10.7. The Morgan fingerprint density at radius 2 is 2.11 bits per heavy atom. The fraction of sp³-hybridized carbons (Fsp3) is 0.500. The minimum Gasteiger partial charge on any atom is -0.490 e. The van der Waals surface area contributed by atoms with Gasteiger partial charge in [-0.15, -0.1) is 0 Å². The van der Waals surface area contributed by atoms with E-state index in [-0.39, 0.29) is 12.5 Å². The molecule has 1 unspecified atom stereocenters. The number of benzene rings is 1. The second-order valence-electron chi connectivity index (χ2n) is 4.69. The molecule has 0 radical (unpaired) electrons. The topological polar surface area (TPSA) is 81.8 Å². The molecule has 1 aromatic carbocycles. The van der Waals surface area contributed by atoms with Crippen molar-refractivity contribution in [2.24, 2.45) is 5.73 Å². The van der Waals surface area contributed by atoms with E-state index < -0.39 is 12.0 Å². The molecule has 1 heterocycles. The van der Waals surface area contributed by atoms with Gasteiger partial charge in [0.1, 0.15) is 17.9 Å². The summed E-state index contributed by atoms with van der Waals surface area (Å²) in [5, 5.41) is 8.87. The predicted molar refractivity (Wildman–Crippen MR) is 70.2 cm³/mol. The molecule has 0 amide bonds. The number of nitrogens with two attached hydrogens (primary N) is 1. The highest BCUT2D eigenvalue weighted by Gasteiger charge is 2.19. The standard InChI is InChI=1S/C14H19NO4/c15-12(14(16)17)9-10-3-1-2-4-13(10)19-11-5-7-18-8-6-11/h1-4,11-12H,5-9,15H2,(H,16,17). The maximum Gasteiger partial charge on any atom is 0.320 e. The van der Waals surface area contributed by atoms with E-state index in [0.717, 1.165) is 24.2 Å². The Labute approximate surface area is 112 Å². The first-order valence-corrected chi connectivity index (χ1v) is 6.47. The molecule has 5 heteroatoms. The van der Waals surface area contributed by atoms with Crippen LogP contribution in [0.15, 0.2) is 24.3 Å². The van der Waals surface area contributed by atoms with E-state index in [2.05, 4.69) is 0 Å². The van der Waals surface area contributed by atoms with Crippen molar-refractivity contribution in [2.75, 3.05) is 13.2 Å². The lowest BCUT2D eigenvalue weighted by Gasteiger charge is -2.24. The van der Waals surface area contributed by atoms with Gasteiger partial charge in [0.2, 0.25) is 0 Å². The maximum atomic E-state index is 10.8. The van der Waals surface area contributed by atoms with Crippen molar-refractivity contribution < 1.29 is 19.4 Å². The summed E-state index contributed by atoms with van der Waals surface area (Å²) in [4.78, 5) is 10.8. The van der Waals surface area contributed by atoms with Crippen LogP contribution < -0.4 is 10.5 Å². The van der Waals surface area contributed by atoms with Gasteiger partial charge in [0.05, 0.1) is 13.2 Å². The molecule has 1 saturated heterocycles. The first kappa shape index (κ1) is 13.8. The molecule has 0 saturated carbocycles. The summed E-state index contributed by atoms with van der Waals surface area (Å²) in [5.74, 6) is -0.271. The second-order valence-corrected chi connectivity index (χ2v) is 4.69. The quantitative estimate of drug-likeness (QED) is 0.836. The molecule has 1 aliphatic heterocycles. The Balaban J connectivity index is 2.04. The van der Waals surface area contributed by atoms with E-state index in [0.29, 0.717) is 13.2 Å². The Morgan fingerprint density at radius 1 is 1.42 bits per heavy atom. The Kier molecular flexibility index (Phi) is 4.76. The fourth-order valence-electron chi connectivity index (χ4n) is 2.09. The molecule has 1 atom stereocenters. The van der Waals surface area contributed by atoms with Crippen LogP contribution >= 0.6 is 0 Å². The number of carbonyl (C=O) groups is 1. The summed E-state index contributed by atoms with van der Waals surface area (Å²) in [6.07, 6.45) is 2.13. The third-order valence-corrected chi connectivity index (χ3v) is 3.19. The van der Waals surface area contributed by atoms with E-state index in [1.165, 1.54) is 0 Å². The normalized spacial score (nSPS) is 17.9. The van der Waals surface area contributed by atoms with Gasteiger partial charge in [-0.2, -0.15) is 0 Å². The lowest BCUT2D eigenvalue weighted by Crippen LogP contribution is -2.32. The number of hydrogen-bond acceptors (Lipinski definition) is 4. The highest BCUT2D eigenvalue weighted by atomic mass is 16.5. The molecule has 5 nitrogen and oxygen atoms in total. The number of rotatable bonds is 5. The summed E-state index contributed by atoms with van der Waals surface area (Å²) in [6.45, 7) is 1.42. The Bertz CT molecular complexity index is 429. The summed E-state index contributed by atoms with van der Waals surface area (Å²) in [5.41, 5.74) is 6.41. The largest absolute Gasteiger partial charge is 0.490 e. The van der Waals surface area contributed by atoms with Crippen LogP contribution in [0.25, 0.3) is 0 Å². The summed E-state index contributed by atoms with van der Waals surface area (Å²) in [7, 11) is 0. The molecule has 1 fully saturated rings. The third kappa shape index (κ3) is 3.94. The minimum atomic E-state index is -0.999. The molecule has 0 aliphatic carbocycles. The van der Waals surface area contributed by atoms with Gasteiger partial charge in [-0.05, 0) is 11.6 Å². The molecule has 104 valence electrons. The lowest BCUT2D eigenvalue weighted by atomic mass is 10.1. The van der Waals surface area contributed by atoms with Gasteiger partial charge in [-0.3, -0.25) is 4.79 Å². The van der Waals surface area contributed by atoms with Gasteiger partial charge < -0.3 is 20.3 Å². The van der Waals surface area contributed by atoms with Crippen LogP contribution in [0.4, 0.5) is 0 Å². The number of ether oxygens (including phenoxy) is 2. The summed E-state index contributed by atoms with van der Waals surface area (Å²) in [6, 6.07) is 6.56. The third-order valence-electron chi connectivity index (χ3n) is 3.19. The van der Waals surface area contributed by atoms with Crippen molar-refractivity contribution in [1.29, 1.82) is 0 Å². The Morgan fingerprint density at radius 3 is 2.79 bits per heavy atom. The highest BCUT2D eigenvalue weighted by molar-refractivity contribution is 5.73. The average molecular weight is 265 g/mol. The van der Waals surface area contributed by atoms with E-state index in [9.17, 15) is 4.79 Å². The molecule has 0 aromatic heterocycles. The fourth-order valence-corrected chi connectivity index (χ4v) is 2.09. The smallest absolute Gasteiger partial charge is 0.320 e. The number of carboxylic acid groups (broad SMARTS) is 1. The molecule has 3 N–H and O–H groups in total. The van der Waals surface area contributed by atoms with Crippen LogP contribution in [-0.2, 0) is 16.0 Å². The SMILES string of the molecule is NC(Cc1ccccc1OC1CCOCC1)C(=O)O. The second kappa shape index (κ2) is 6.54. The van der Waals surface area contributed by atoms with E-state index in [1.54, 1.807) is 0 Å². The van der Waals surface area contributed by atoms with Crippen molar-refractivity contribution in [3.63, 3.8) is 0 Å². The van der Waals surface area contributed by atoms with Crippen molar-refractivity contribution in [3.05, 3.63) is 29.8 Å². The van der Waals surface area contributed by atoms with Crippen LogP contribution in [0, 0.1) is 0 Å². The molecule has 2 rings (SSSR count). The summed E-state index contributed by atoms with van der Waals surface area (Å²) < 4.78 is 11.2. The molecule has 1 aromatic rings. The van der Waals surface area contributed by atoms with Crippen molar-refractivity contribution in [2.45, 2.75) is 31.4 Å².